The molecule has 5 heteroatoms. The summed E-state index contributed by atoms with van der Waals surface area (Å²) in [5, 5.41) is 30.9. The summed E-state index contributed by atoms with van der Waals surface area (Å²) in [6.07, 6.45) is 10.9. The van der Waals surface area contributed by atoms with Crippen LogP contribution in [0, 0.1) is 52.3 Å². The van der Waals surface area contributed by atoms with Gasteiger partial charge < -0.3 is 24.8 Å². The van der Waals surface area contributed by atoms with E-state index in [4.69, 9.17) is 9.47 Å². The Bertz CT molecular complexity index is 845. The van der Waals surface area contributed by atoms with E-state index in [0.717, 1.165) is 48.3 Å². The van der Waals surface area contributed by atoms with Crippen molar-refractivity contribution in [2.75, 3.05) is 0 Å². The van der Waals surface area contributed by atoms with Crippen LogP contribution in [0.4, 0.5) is 0 Å². The van der Waals surface area contributed by atoms with Crippen molar-refractivity contribution in [2.24, 2.45) is 52.3 Å². The molecular weight excluding hydrogens is 488 g/mol. The van der Waals surface area contributed by atoms with Crippen molar-refractivity contribution in [1.82, 2.24) is 0 Å². The van der Waals surface area contributed by atoms with Gasteiger partial charge in [-0.1, -0.05) is 53.9 Å². The highest BCUT2D eigenvalue weighted by molar-refractivity contribution is 5.11. The van der Waals surface area contributed by atoms with Gasteiger partial charge in [0.05, 0.1) is 11.7 Å². The maximum absolute atomic E-state index is 10.6. The lowest BCUT2D eigenvalue weighted by Gasteiger charge is -2.62. The SMILES string of the molecule is CC(C)CCC[C@@H](C)[C@H]1CC[C@H]2[C@@H]3CC[C@@H]4C[C@](C)(O[C@H]5O[C@H]([C@H](C)O)[C@@H](O)[C@@H]5O)CC[C@]4(C)[C@H]3CC[C@]12C. The van der Waals surface area contributed by atoms with Crippen LogP contribution < -0.4 is 0 Å². The Morgan fingerprint density at radius 1 is 0.821 bits per heavy atom. The van der Waals surface area contributed by atoms with Gasteiger partial charge in [0.2, 0.25) is 0 Å². The number of hydrogen-bond acceptors (Lipinski definition) is 5. The van der Waals surface area contributed by atoms with Crippen molar-refractivity contribution in [3.63, 3.8) is 0 Å². The van der Waals surface area contributed by atoms with Gasteiger partial charge in [-0.3, -0.25) is 0 Å². The molecule has 5 rings (SSSR count). The molecule has 0 spiro atoms. The molecule has 14 atom stereocenters. The molecule has 0 amide bonds. The van der Waals surface area contributed by atoms with Gasteiger partial charge in [-0.15, -0.1) is 0 Å². The fraction of sp³-hybridized carbons (Fsp3) is 1.00. The second-order valence-corrected chi connectivity index (χ2v) is 16.2. The van der Waals surface area contributed by atoms with Crippen molar-refractivity contribution in [3.8, 4) is 0 Å². The molecule has 4 aliphatic carbocycles. The molecule has 4 saturated carbocycles. The minimum atomic E-state index is -1.12. The molecule has 5 fully saturated rings. The van der Waals surface area contributed by atoms with Crippen LogP contribution in [0.2, 0.25) is 0 Å². The van der Waals surface area contributed by atoms with Crippen molar-refractivity contribution in [3.05, 3.63) is 0 Å². The molecule has 226 valence electrons. The molecule has 0 aromatic carbocycles. The molecule has 3 N–H and O–H groups in total. The summed E-state index contributed by atoms with van der Waals surface area (Å²) in [5.41, 5.74) is 0.527. The number of aliphatic hydroxyl groups excluding tert-OH is 3. The largest absolute Gasteiger partial charge is 0.391 e. The topological polar surface area (TPSA) is 79.2 Å². The van der Waals surface area contributed by atoms with Gasteiger partial charge in [0, 0.05) is 0 Å². The van der Waals surface area contributed by atoms with Gasteiger partial charge >= 0.3 is 0 Å². The molecule has 1 aliphatic heterocycles. The number of aliphatic hydroxyl groups is 3. The Morgan fingerprint density at radius 3 is 2.21 bits per heavy atom. The number of fused-ring (bicyclic) bond motifs is 5. The van der Waals surface area contributed by atoms with E-state index in [1.165, 1.54) is 64.2 Å². The van der Waals surface area contributed by atoms with Crippen LogP contribution in [0.5, 0.6) is 0 Å². The van der Waals surface area contributed by atoms with E-state index in [2.05, 4.69) is 41.5 Å². The summed E-state index contributed by atoms with van der Waals surface area (Å²) in [6.45, 7) is 16.3. The van der Waals surface area contributed by atoms with Gasteiger partial charge in [0.25, 0.3) is 0 Å². The van der Waals surface area contributed by atoms with Crippen LogP contribution in [-0.4, -0.2) is 51.6 Å². The molecule has 0 radical (unpaired) electrons. The van der Waals surface area contributed by atoms with E-state index in [0.29, 0.717) is 16.7 Å². The third-order valence-corrected chi connectivity index (χ3v) is 13.3. The lowest BCUT2D eigenvalue weighted by molar-refractivity contribution is -0.253. The normalized spacial score (nSPS) is 51.3. The van der Waals surface area contributed by atoms with Crippen molar-refractivity contribution >= 4 is 0 Å². The molecule has 0 unspecified atom stereocenters. The van der Waals surface area contributed by atoms with E-state index in [1.807, 2.05) is 0 Å². The highest BCUT2D eigenvalue weighted by atomic mass is 16.7. The van der Waals surface area contributed by atoms with E-state index >= 15 is 0 Å². The summed E-state index contributed by atoms with van der Waals surface area (Å²) in [6, 6.07) is 0. The Kier molecular flexibility index (Phi) is 8.64. The Balaban J connectivity index is 1.23. The summed E-state index contributed by atoms with van der Waals surface area (Å²) in [5.74, 6) is 5.82. The molecule has 0 aromatic rings. The first-order valence-corrected chi connectivity index (χ1v) is 16.7. The molecule has 5 nitrogen and oxygen atoms in total. The Morgan fingerprint density at radius 2 is 1.54 bits per heavy atom. The third kappa shape index (κ3) is 5.39. The van der Waals surface area contributed by atoms with Gasteiger partial charge in [-0.2, -0.15) is 0 Å². The number of rotatable bonds is 8. The van der Waals surface area contributed by atoms with Gasteiger partial charge in [-0.25, -0.2) is 0 Å². The van der Waals surface area contributed by atoms with Crippen LogP contribution in [0.3, 0.4) is 0 Å². The van der Waals surface area contributed by atoms with Gasteiger partial charge in [0.15, 0.2) is 6.29 Å². The first-order chi connectivity index (χ1) is 18.3. The first-order valence-electron chi connectivity index (χ1n) is 16.7. The molecule has 0 bridgehead atoms. The molecule has 39 heavy (non-hydrogen) atoms. The smallest absolute Gasteiger partial charge is 0.187 e. The molecule has 0 aromatic heterocycles. The number of ether oxygens (including phenoxy) is 2. The van der Waals surface area contributed by atoms with Crippen LogP contribution in [0.15, 0.2) is 0 Å². The van der Waals surface area contributed by atoms with Gasteiger partial charge in [-0.05, 0) is 124 Å². The van der Waals surface area contributed by atoms with Crippen LogP contribution >= 0.6 is 0 Å². The summed E-state index contributed by atoms with van der Waals surface area (Å²) < 4.78 is 12.3. The third-order valence-electron chi connectivity index (χ3n) is 13.3. The maximum atomic E-state index is 10.6. The average Bonchev–Trinajstić information content (AvgIpc) is 3.36. The minimum absolute atomic E-state index is 0.366. The lowest BCUT2D eigenvalue weighted by atomic mass is 9.43. The predicted octanol–water partition coefficient (Wildman–Crippen LogP) is 6.71. The molecule has 1 heterocycles. The average molecular weight is 549 g/mol. The second kappa shape index (κ2) is 11.1. The molecule has 5 aliphatic rings. The fourth-order valence-corrected chi connectivity index (χ4v) is 11.0. The van der Waals surface area contributed by atoms with Crippen molar-refractivity contribution in [1.29, 1.82) is 0 Å². The quantitative estimate of drug-likeness (QED) is 0.314. The highest BCUT2D eigenvalue weighted by Gasteiger charge is 2.62. The number of hydrogen-bond donors (Lipinski definition) is 3. The van der Waals surface area contributed by atoms with Crippen molar-refractivity contribution in [2.45, 2.75) is 162 Å². The summed E-state index contributed by atoms with van der Waals surface area (Å²) >= 11 is 0. The maximum Gasteiger partial charge on any atom is 0.187 e. The van der Waals surface area contributed by atoms with Crippen LogP contribution in [-0.2, 0) is 9.47 Å². The zero-order chi connectivity index (χ0) is 28.3. The van der Waals surface area contributed by atoms with Gasteiger partial charge in [0.1, 0.15) is 18.3 Å². The van der Waals surface area contributed by atoms with Crippen molar-refractivity contribution < 1.29 is 24.8 Å². The van der Waals surface area contributed by atoms with Crippen LogP contribution in [0.1, 0.15) is 126 Å². The van der Waals surface area contributed by atoms with E-state index < -0.39 is 30.7 Å². The monoisotopic (exact) mass is 548 g/mol. The minimum Gasteiger partial charge on any atom is -0.391 e. The predicted molar refractivity (Wildman–Crippen MR) is 155 cm³/mol. The van der Waals surface area contributed by atoms with E-state index in [9.17, 15) is 15.3 Å². The summed E-state index contributed by atoms with van der Waals surface area (Å²) in [7, 11) is 0. The zero-order valence-corrected chi connectivity index (χ0v) is 26.1. The van der Waals surface area contributed by atoms with E-state index in [1.54, 1.807) is 6.92 Å². The van der Waals surface area contributed by atoms with Crippen LogP contribution in [0.25, 0.3) is 0 Å². The Labute approximate surface area is 238 Å². The lowest BCUT2D eigenvalue weighted by Crippen LogP contribution is -2.56. The highest BCUT2D eigenvalue weighted by Crippen LogP contribution is 2.69. The van der Waals surface area contributed by atoms with E-state index in [-0.39, 0.29) is 5.60 Å². The zero-order valence-electron chi connectivity index (χ0n) is 26.1. The second-order valence-electron chi connectivity index (χ2n) is 16.2. The Hall–Kier alpha value is -0.200. The molecular formula is C34H60O5. The first kappa shape index (κ1) is 30.3. The summed E-state index contributed by atoms with van der Waals surface area (Å²) in [4.78, 5) is 0. The standard InChI is InChI=1S/C34H60O5/c1-20(2)9-8-10-21(3)25-13-14-26-24-12-11-23-19-32(5,39-31-29(37)28(36)30(38-31)22(4)35)17-18-33(23,6)27(24)15-16-34(25,26)7/h20-31,35-37H,8-19H2,1-7H3/t21-,22+,23-,24+,25-,26+,27+,28+,29+,30-,31-,32-,33+,34-/m1/s1. The fourth-order valence-electron chi connectivity index (χ4n) is 11.0. The molecule has 1 saturated heterocycles.